The molecule has 0 unspecified atom stereocenters. The van der Waals surface area contributed by atoms with Crippen LogP contribution in [0.1, 0.15) is 0 Å². The minimum Gasteiger partial charge on any atom is -0.497 e. The lowest BCUT2D eigenvalue weighted by Crippen LogP contribution is -1.94. The second-order valence-corrected chi connectivity index (χ2v) is 9.43. The highest BCUT2D eigenvalue weighted by atomic mass is 32.2. The van der Waals surface area contributed by atoms with Crippen molar-refractivity contribution >= 4 is 34.5 Å². The van der Waals surface area contributed by atoms with Gasteiger partial charge in [-0.15, -0.1) is 11.3 Å². The number of non-ortho nitro benzene ring substituents is 1. The zero-order valence-corrected chi connectivity index (χ0v) is 19.7. The second-order valence-electron chi connectivity index (χ2n) is 7.03. The first-order valence-corrected chi connectivity index (χ1v) is 11.6. The first-order chi connectivity index (χ1) is 16.4. The maximum absolute atomic E-state index is 11.6. The van der Waals surface area contributed by atoms with E-state index in [1.807, 2.05) is 54.6 Å². The summed E-state index contributed by atoms with van der Waals surface area (Å²) < 4.78 is 11.3. The van der Waals surface area contributed by atoms with Gasteiger partial charge in [0.2, 0.25) is 0 Å². The standard InChI is InChI=1S/C24H18N2O6S2/c1-31-18-8-3-15(4-9-18)20-14-23(34-24(20)16-5-10-19(32-2)11-6-16)33-22-12-7-17(25(27)28)13-21(22)26(29)30/h3-14H,1-2H3. The van der Waals surface area contributed by atoms with Crippen LogP contribution in [0.3, 0.4) is 0 Å². The molecule has 0 saturated carbocycles. The lowest BCUT2D eigenvalue weighted by Gasteiger charge is -2.06. The van der Waals surface area contributed by atoms with Crippen LogP contribution in [0.4, 0.5) is 11.4 Å². The van der Waals surface area contributed by atoms with Gasteiger partial charge in [-0.1, -0.05) is 23.9 Å². The third kappa shape index (κ3) is 4.87. The molecule has 0 aliphatic heterocycles. The molecule has 10 heteroatoms. The Labute approximate surface area is 203 Å². The largest absolute Gasteiger partial charge is 0.497 e. The Bertz CT molecular complexity index is 1290. The Morgan fingerprint density at radius 1 is 0.765 bits per heavy atom. The molecule has 3 aromatic carbocycles. The number of hydrogen-bond donors (Lipinski definition) is 0. The van der Waals surface area contributed by atoms with Crippen molar-refractivity contribution in [2.75, 3.05) is 14.2 Å². The van der Waals surface area contributed by atoms with Crippen LogP contribution >= 0.6 is 23.1 Å². The Morgan fingerprint density at radius 3 is 1.88 bits per heavy atom. The van der Waals surface area contributed by atoms with Crippen molar-refractivity contribution in [2.45, 2.75) is 9.10 Å². The molecule has 1 aromatic heterocycles. The normalized spacial score (nSPS) is 10.6. The van der Waals surface area contributed by atoms with Gasteiger partial charge in [0.25, 0.3) is 11.4 Å². The van der Waals surface area contributed by atoms with Gasteiger partial charge in [-0.2, -0.15) is 0 Å². The molecule has 0 atom stereocenters. The van der Waals surface area contributed by atoms with Gasteiger partial charge in [-0.05, 0) is 59.7 Å². The number of thiophene rings is 1. The predicted octanol–water partition coefficient (Wildman–Crippen LogP) is 7.07. The molecule has 34 heavy (non-hydrogen) atoms. The summed E-state index contributed by atoms with van der Waals surface area (Å²) in [6.45, 7) is 0. The van der Waals surface area contributed by atoms with Gasteiger partial charge in [-0.25, -0.2) is 0 Å². The highest BCUT2D eigenvalue weighted by Gasteiger charge is 2.22. The molecule has 0 amide bonds. The van der Waals surface area contributed by atoms with Crippen molar-refractivity contribution in [3.8, 4) is 33.1 Å². The summed E-state index contributed by atoms with van der Waals surface area (Å²) in [6, 6.07) is 21.0. The van der Waals surface area contributed by atoms with Crippen molar-refractivity contribution in [3.63, 3.8) is 0 Å². The fourth-order valence-electron chi connectivity index (χ4n) is 3.32. The van der Waals surface area contributed by atoms with E-state index in [2.05, 4.69) is 0 Å². The van der Waals surface area contributed by atoms with Crippen molar-refractivity contribution in [3.05, 3.63) is 93.0 Å². The fourth-order valence-corrected chi connectivity index (χ4v) is 5.69. The smallest absolute Gasteiger partial charge is 0.290 e. The van der Waals surface area contributed by atoms with E-state index < -0.39 is 9.85 Å². The number of hydrogen-bond acceptors (Lipinski definition) is 8. The lowest BCUT2D eigenvalue weighted by molar-refractivity contribution is -0.396. The summed E-state index contributed by atoms with van der Waals surface area (Å²) in [4.78, 5) is 22.7. The summed E-state index contributed by atoms with van der Waals surface area (Å²) in [5, 5.41) is 22.6. The van der Waals surface area contributed by atoms with E-state index >= 15 is 0 Å². The van der Waals surface area contributed by atoms with Gasteiger partial charge in [0.15, 0.2) is 0 Å². The van der Waals surface area contributed by atoms with E-state index in [1.165, 1.54) is 35.2 Å². The summed E-state index contributed by atoms with van der Waals surface area (Å²) in [6.07, 6.45) is 0. The van der Waals surface area contributed by atoms with Gasteiger partial charge in [0.05, 0.1) is 39.2 Å². The van der Waals surface area contributed by atoms with Crippen LogP contribution in [0.2, 0.25) is 0 Å². The molecule has 0 bridgehead atoms. The number of ether oxygens (including phenoxy) is 2. The summed E-state index contributed by atoms with van der Waals surface area (Å²) in [5.41, 5.74) is 2.28. The average Bonchev–Trinajstić information content (AvgIpc) is 3.27. The molecule has 172 valence electrons. The van der Waals surface area contributed by atoms with Gasteiger partial charge < -0.3 is 9.47 Å². The maximum Gasteiger partial charge on any atom is 0.290 e. The van der Waals surface area contributed by atoms with Crippen molar-refractivity contribution in [2.24, 2.45) is 0 Å². The van der Waals surface area contributed by atoms with E-state index in [1.54, 1.807) is 14.2 Å². The maximum atomic E-state index is 11.6. The molecule has 0 radical (unpaired) electrons. The number of methoxy groups -OCH3 is 2. The molecule has 0 aliphatic rings. The molecule has 0 N–H and O–H groups in total. The number of nitro benzene ring substituents is 2. The SMILES string of the molecule is COc1ccc(-c2cc(Sc3ccc([N+](=O)[O-])cc3[N+](=O)[O-])sc2-c2ccc(OC)cc2)cc1. The molecule has 1 heterocycles. The Hall–Kier alpha value is -3.89. The monoisotopic (exact) mass is 494 g/mol. The highest BCUT2D eigenvalue weighted by molar-refractivity contribution is 8.01. The summed E-state index contributed by atoms with van der Waals surface area (Å²) in [7, 11) is 3.21. The highest BCUT2D eigenvalue weighted by Crippen LogP contribution is 2.47. The number of nitro groups is 2. The van der Waals surface area contributed by atoms with Crippen LogP contribution in [-0.2, 0) is 0 Å². The fraction of sp³-hybridized carbons (Fsp3) is 0.0833. The van der Waals surface area contributed by atoms with Crippen molar-refractivity contribution < 1.29 is 19.3 Å². The number of nitrogens with zero attached hydrogens (tertiary/aromatic N) is 2. The summed E-state index contributed by atoms with van der Waals surface area (Å²) in [5.74, 6) is 1.48. The third-order valence-corrected chi connectivity index (χ3v) is 7.39. The first kappa shape index (κ1) is 23.3. The molecule has 0 spiro atoms. The van der Waals surface area contributed by atoms with E-state index in [-0.39, 0.29) is 11.4 Å². The van der Waals surface area contributed by atoms with E-state index in [0.717, 1.165) is 43.3 Å². The van der Waals surface area contributed by atoms with Gasteiger partial charge >= 0.3 is 0 Å². The number of benzene rings is 3. The Morgan fingerprint density at radius 2 is 1.35 bits per heavy atom. The molecule has 0 fully saturated rings. The minimum atomic E-state index is -0.643. The van der Waals surface area contributed by atoms with Crippen LogP contribution in [0.25, 0.3) is 21.6 Å². The van der Waals surface area contributed by atoms with Crippen LogP contribution in [0.15, 0.2) is 81.9 Å². The molecular weight excluding hydrogens is 476 g/mol. The Balaban J connectivity index is 1.79. The van der Waals surface area contributed by atoms with E-state index in [4.69, 9.17) is 9.47 Å². The topological polar surface area (TPSA) is 105 Å². The van der Waals surface area contributed by atoms with E-state index in [0.29, 0.717) is 4.90 Å². The van der Waals surface area contributed by atoms with Crippen LogP contribution in [-0.4, -0.2) is 24.1 Å². The molecule has 0 saturated heterocycles. The molecule has 4 aromatic rings. The third-order valence-electron chi connectivity index (χ3n) is 5.02. The number of rotatable bonds is 8. The van der Waals surface area contributed by atoms with Crippen LogP contribution in [0.5, 0.6) is 11.5 Å². The average molecular weight is 495 g/mol. The lowest BCUT2D eigenvalue weighted by atomic mass is 10.0. The molecule has 4 rings (SSSR count). The van der Waals surface area contributed by atoms with Crippen LogP contribution < -0.4 is 9.47 Å². The summed E-state index contributed by atoms with van der Waals surface area (Å²) >= 11 is 2.70. The first-order valence-electron chi connectivity index (χ1n) is 9.93. The van der Waals surface area contributed by atoms with Crippen LogP contribution in [0, 0.1) is 20.2 Å². The second kappa shape index (κ2) is 9.94. The predicted molar refractivity (Wildman–Crippen MR) is 132 cm³/mol. The van der Waals surface area contributed by atoms with Crippen molar-refractivity contribution in [1.82, 2.24) is 0 Å². The van der Waals surface area contributed by atoms with E-state index in [9.17, 15) is 20.2 Å². The van der Waals surface area contributed by atoms with Gasteiger partial charge in [0, 0.05) is 16.5 Å². The van der Waals surface area contributed by atoms with Gasteiger partial charge in [-0.3, -0.25) is 20.2 Å². The van der Waals surface area contributed by atoms with Gasteiger partial charge in [0.1, 0.15) is 11.5 Å². The zero-order valence-electron chi connectivity index (χ0n) is 18.1. The minimum absolute atomic E-state index is 0.301. The molecular formula is C24H18N2O6S2. The zero-order chi connectivity index (χ0) is 24.2. The quantitative estimate of drug-likeness (QED) is 0.191. The molecule has 0 aliphatic carbocycles. The molecule has 8 nitrogen and oxygen atoms in total. The van der Waals surface area contributed by atoms with Crippen molar-refractivity contribution in [1.29, 1.82) is 0 Å². The Kier molecular flexibility index (Phi) is 6.80.